The summed E-state index contributed by atoms with van der Waals surface area (Å²) in [6, 6.07) is 21.3. The second-order valence-corrected chi connectivity index (χ2v) is 6.62. The Morgan fingerprint density at radius 1 is 1.06 bits per heavy atom. The minimum Gasteiger partial charge on any atom is -0.384 e. The van der Waals surface area contributed by atoms with E-state index in [1.165, 1.54) is 10.6 Å². The lowest BCUT2D eigenvalue weighted by Crippen LogP contribution is -2.39. The first kappa shape index (κ1) is 23.9. The van der Waals surface area contributed by atoms with Crippen molar-refractivity contribution in [3.05, 3.63) is 94.3 Å². The lowest BCUT2D eigenvalue weighted by Gasteiger charge is -2.22. The standard InChI is InChI=1S/C23H24N4O3.ClH/c1-2-30-23(22(29)26-15-16-11-13-18(14-12-16)21(24)25)27-19(9-6-10-20(27)28)17-7-4-3-5-8-17;/h3-14,23H,2,15H2,1H3,(H3,24,25)(H,26,29);1H. The zero-order valence-electron chi connectivity index (χ0n) is 17.1. The maximum atomic E-state index is 13.0. The van der Waals surface area contributed by atoms with Gasteiger partial charge < -0.3 is 15.8 Å². The third-order valence-corrected chi connectivity index (χ3v) is 4.57. The molecule has 1 amide bonds. The van der Waals surface area contributed by atoms with Crippen molar-refractivity contribution < 1.29 is 9.53 Å². The molecule has 8 heteroatoms. The number of pyridine rings is 1. The number of hydrogen-bond acceptors (Lipinski definition) is 4. The van der Waals surface area contributed by atoms with Gasteiger partial charge in [-0.1, -0.05) is 60.7 Å². The molecule has 31 heavy (non-hydrogen) atoms. The Hall–Kier alpha value is -3.42. The van der Waals surface area contributed by atoms with Crippen LogP contribution in [-0.4, -0.2) is 22.9 Å². The van der Waals surface area contributed by atoms with Crippen LogP contribution in [0.4, 0.5) is 0 Å². The average Bonchev–Trinajstić information content (AvgIpc) is 2.77. The monoisotopic (exact) mass is 440 g/mol. The van der Waals surface area contributed by atoms with E-state index in [9.17, 15) is 9.59 Å². The molecule has 0 aliphatic heterocycles. The zero-order valence-corrected chi connectivity index (χ0v) is 17.9. The van der Waals surface area contributed by atoms with Crippen LogP contribution in [0.5, 0.6) is 0 Å². The molecule has 2 aromatic carbocycles. The van der Waals surface area contributed by atoms with E-state index in [2.05, 4.69) is 5.32 Å². The Morgan fingerprint density at radius 3 is 2.35 bits per heavy atom. The molecule has 0 fully saturated rings. The van der Waals surface area contributed by atoms with Gasteiger partial charge in [-0.2, -0.15) is 0 Å². The number of nitrogen functional groups attached to an aromatic ring is 1. The number of hydrogen-bond donors (Lipinski definition) is 3. The van der Waals surface area contributed by atoms with Gasteiger partial charge in [-0.3, -0.25) is 19.6 Å². The number of rotatable bonds is 8. The molecular formula is C23H25ClN4O3. The van der Waals surface area contributed by atoms with E-state index in [1.54, 1.807) is 43.3 Å². The van der Waals surface area contributed by atoms with Gasteiger partial charge in [-0.25, -0.2) is 0 Å². The van der Waals surface area contributed by atoms with Crippen molar-refractivity contribution in [3.63, 3.8) is 0 Å². The minimum absolute atomic E-state index is 0. The highest BCUT2D eigenvalue weighted by Gasteiger charge is 2.24. The van der Waals surface area contributed by atoms with Crippen molar-refractivity contribution in [1.29, 1.82) is 5.41 Å². The Morgan fingerprint density at radius 2 is 1.74 bits per heavy atom. The van der Waals surface area contributed by atoms with Crippen molar-refractivity contribution in [2.24, 2.45) is 5.73 Å². The number of nitrogens with two attached hydrogens (primary N) is 1. The summed E-state index contributed by atoms with van der Waals surface area (Å²) < 4.78 is 7.05. The number of nitrogens with zero attached hydrogens (tertiary/aromatic N) is 1. The third kappa shape index (κ3) is 5.81. The number of amides is 1. The van der Waals surface area contributed by atoms with Crippen molar-refractivity contribution in [3.8, 4) is 11.3 Å². The number of amidine groups is 1. The third-order valence-electron chi connectivity index (χ3n) is 4.57. The first-order valence-electron chi connectivity index (χ1n) is 9.61. The number of nitrogens with one attached hydrogen (secondary N) is 2. The second-order valence-electron chi connectivity index (χ2n) is 6.62. The molecule has 7 nitrogen and oxygen atoms in total. The van der Waals surface area contributed by atoms with Gasteiger partial charge in [0.05, 0.1) is 5.69 Å². The van der Waals surface area contributed by atoms with Gasteiger partial charge in [0.1, 0.15) is 5.84 Å². The van der Waals surface area contributed by atoms with Gasteiger partial charge in [0.25, 0.3) is 11.5 Å². The van der Waals surface area contributed by atoms with Crippen LogP contribution in [0.25, 0.3) is 11.3 Å². The highest BCUT2D eigenvalue weighted by atomic mass is 35.5. The van der Waals surface area contributed by atoms with Gasteiger partial charge >= 0.3 is 0 Å². The number of aromatic nitrogens is 1. The van der Waals surface area contributed by atoms with Crippen LogP contribution in [0.15, 0.2) is 77.6 Å². The predicted octanol–water partition coefficient (Wildman–Crippen LogP) is 3.07. The van der Waals surface area contributed by atoms with Crippen LogP contribution in [-0.2, 0) is 16.1 Å². The molecule has 3 rings (SSSR count). The smallest absolute Gasteiger partial charge is 0.270 e. The fraction of sp³-hybridized carbons (Fsp3) is 0.174. The summed E-state index contributed by atoms with van der Waals surface area (Å²) in [6.45, 7) is 2.29. The maximum absolute atomic E-state index is 13.0. The molecule has 0 saturated heterocycles. The molecule has 4 N–H and O–H groups in total. The summed E-state index contributed by atoms with van der Waals surface area (Å²) in [4.78, 5) is 25.6. The SMILES string of the molecule is CCOC(C(=O)NCc1ccc(C(=N)N)cc1)n1c(-c2ccccc2)cccc1=O.Cl. The Bertz CT molecular complexity index is 1080. The number of benzene rings is 2. The summed E-state index contributed by atoms with van der Waals surface area (Å²) in [6.07, 6.45) is -1.10. The van der Waals surface area contributed by atoms with Crippen molar-refractivity contribution in [2.75, 3.05) is 6.61 Å². The zero-order chi connectivity index (χ0) is 21.5. The lowest BCUT2D eigenvalue weighted by molar-refractivity contribution is -0.139. The number of carbonyl (C=O) groups excluding carboxylic acids is 1. The first-order valence-corrected chi connectivity index (χ1v) is 9.61. The van der Waals surface area contributed by atoms with E-state index in [0.717, 1.165) is 11.1 Å². The number of halogens is 1. The highest BCUT2D eigenvalue weighted by Crippen LogP contribution is 2.21. The van der Waals surface area contributed by atoms with E-state index in [4.69, 9.17) is 15.9 Å². The second kappa shape index (κ2) is 11.1. The summed E-state index contributed by atoms with van der Waals surface area (Å²) >= 11 is 0. The lowest BCUT2D eigenvalue weighted by atomic mass is 10.1. The molecule has 0 bridgehead atoms. The summed E-state index contributed by atoms with van der Waals surface area (Å²) in [5, 5.41) is 10.3. The molecule has 0 saturated carbocycles. The fourth-order valence-corrected chi connectivity index (χ4v) is 3.09. The molecule has 1 unspecified atom stereocenters. The molecule has 1 aromatic heterocycles. The maximum Gasteiger partial charge on any atom is 0.270 e. The fourth-order valence-electron chi connectivity index (χ4n) is 3.09. The van der Waals surface area contributed by atoms with E-state index in [1.807, 2.05) is 30.3 Å². The number of carbonyl (C=O) groups is 1. The van der Waals surface area contributed by atoms with E-state index >= 15 is 0 Å². The normalized spacial score (nSPS) is 11.3. The van der Waals surface area contributed by atoms with Crippen LogP contribution in [0.2, 0.25) is 0 Å². The molecule has 0 spiro atoms. The van der Waals surface area contributed by atoms with Gasteiger partial charge in [0.15, 0.2) is 0 Å². The van der Waals surface area contributed by atoms with Gasteiger partial charge in [0.2, 0.25) is 6.23 Å². The summed E-state index contributed by atoms with van der Waals surface area (Å²) in [7, 11) is 0. The molecule has 1 heterocycles. The molecule has 0 aliphatic rings. The van der Waals surface area contributed by atoms with Crippen molar-refractivity contribution in [1.82, 2.24) is 9.88 Å². The van der Waals surface area contributed by atoms with E-state index in [-0.39, 0.29) is 37.0 Å². The van der Waals surface area contributed by atoms with E-state index in [0.29, 0.717) is 11.3 Å². The molecule has 1 atom stereocenters. The topological polar surface area (TPSA) is 110 Å². The molecule has 162 valence electrons. The molecule has 0 radical (unpaired) electrons. The summed E-state index contributed by atoms with van der Waals surface area (Å²) in [5.41, 5.74) is 8.00. The van der Waals surface area contributed by atoms with Crippen LogP contribution in [0.3, 0.4) is 0 Å². The molecule has 0 aliphatic carbocycles. The van der Waals surface area contributed by atoms with Gasteiger partial charge in [0, 0.05) is 24.8 Å². The Balaban J connectivity index is 0.00000341. The van der Waals surface area contributed by atoms with Gasteiger partial charge in [-0.15, -0.1) is 12.4 Å². The quantitative estimate of drug-likeness (QED) is 0.369. The van der Waals surface area contributed by atoms with Crippen LogP contribution < -0.4 is 16.6 Å². The van der Waals surface area contributed by atoms with Crippen molar-refractivity contribution >= 4 is 24.1 Å². The molecular weight excluding hydrogens is 416 g/mol. The van der Waals surface area contributed by atoms with Crippen LogP contribution in [0, 0.1) is 5.41 Å². The molecule has 3 aromatic rings. The Labute approximate surface area is 186 Å². The first-order chi connectivity index (χ1) is 14.5. The average molecular weight is 441 g/mol. The van der Waals surface area contributed by atoms with Gasteiger partial charge in [-0.05, 0) is 24.1 Å². The highest BCUT2D eigenvalue weighted by molar-refractivity contribution is 5.94. The Kier molecular flexibility index (Phi) is 8.54. The summed E-state index contributed by atoms with van der Waals surface area (Å²) in [5.74, 6) is -0.433. The van der Waals surface area contributed by atoms with Crippen molar-refractivity contribution in [2.45, 2.75) is 19.7 Å². The minimum atomic E-state index is -1.10. The largest absolute Gasteiger partial charge is 0.384 e. The predicted molar refractivity (Wildman–Crippen MR) is 123 cm³/mol. The van der Waals surface area contributed by atoms with E-state index < -0.39 is 12.1 Å². The van der Waals surface area contributed by atoms with Crippen LogP contribution in [0.1, 0.15) is 24.3 Å². The number of ether oxygens (including phenoxy) is 1. The van der Waals surface area contributed by atoms with Crippen LogP contribution >= 0.6 is 12.4 Å².